The number of nitrogens with zero attached hydrogens (tertiary/aromatic N) is 4. The molecule has 230 valence electrons. The molecule has 0 aliphatic carbocycles. The highest BCUT2D eigenvalue weighted by atomic mass is 32.2. The van der Waals surface area contributed by atoms with Crippen molar-refractivity contribution in [2.24, 2.45) is 5.73 Å². The van der Waals surface area contributed by atoms with E-state index in [0.29, 0.717) is 6.54 Å². The molecule has 15 heteroatoms. The maximum atomic E-state index is 13.5. The molecule has 0 saturated carbocycles. The summed E-state index contributed by atoms with van der Waals surface area (Å²) in [6.45, 7) is 23.2. The zero-order valence-corrected chi connectivity index (χ0v) is 28.8. The SMILES string of the molecule is CCn1cnc2ncn([C@@H]3O[C@H](CO[Si](C)(C)C(C)(C)C)C4(OS(=O)(=O)C=C4N)[C@H]3O[Si](C)(C)C(C)(C)C)c2c1=O. The number of aromatic nitrogens is 4. The fraction of sp³-hybridized carbons (Fsp3) is 0.731. The van der Waals surface area contributed by atoms with Crippen molar-refractivity contribution >= 4 is 37.9 Å². The molecule has 4 heterocycles. The van der Waals surface area contributed by atoms with Crippen molar-refractivity contribution in [3.05, 3.63) is 34.1 Å². The highest BCUT2D eigenvalue weighted by Crippen LogP contribution is 2.52. The molecular weight excluding hydrogens is 583 g/mol. The predicted octanol–water partition coefficient (Wildman–Crippen LogP) is 3.82. The summed E-state index contributed by atoms with van der Waals surface area (Å²) in [7, 11) is -9.08. The number of fused-ring (bicyclic) bond motifs is 1. The molecule has 2 aliphatic rings. The molecule has 4 rings (SSSR count). The van der Waals surface area contributed by atoms with Gasteiger partial charge < -0.3 is 19.3 Å². The lowest BCUT2D eigenvalue weighted by Gasteiger charge is -2.43. The first-order valence-electron chi connectivity index (χ1n) is 13.9. The largest absolute Gasteiger partial charge is 0.414 e. The van der Waals surface area contributed by atoms with Crippen LogP contribution < -0.4 is 11.3 Å². The zero-order valence-electron chi connectivity index (χ0n) is 26.0. The van der Waals surface area contributed by atoms with Crippen molar-refractivity contribution in [3.8, 4) is 0 Å². The van der Waals surface area contributed by atoms with Gasteiger partial charge in [0.15, 0.2) is 39.6 Å². The maximum absolute atomic E-state index is 13.5. The number of imidazole rings is 1. The molecule has 0 amide bonds. The van der Waals surface area contributed by atoms with Gasteiger partial charge >= 0.3 is 0 Å². The molecule has 0 bridgehead atoms. The van der Waals surface area contributed by atoms with Crippen LogP contribution in [0.5, 0.6) is 0 Å². The average Bonchev–Trinajstić information content (AvgIpc) is 3.44. The molecule has 41 heavy (non-hydrogen) atoms. The number of rotatable bonds is 7. The van der Waals surface area contributed by atoms with Crippen LogP contribution in [0.25, 0.3) is 11.2 Å². The third kappa shape index (κ3) is 5.38. The van der Waals surface area contributed by atoms with Gasteiger partial charge in [-0.2, -0.15) is 8.42 Å². The fourth-order valence-electron chi connectivity index (χ4n) is 4.60. The van der Waals surface area contributed by atoms with Crippen LogP contribution in [0.4, 0.5) is 0 Å². The van der Waals surface area contributed by atoms with Gasteiger partial charge in [0, 0.05) is 6.54 Å². The lowest BCUT2D eigenvalue weighted by molar-refractivity contribution is -0.0534. The van der Waals surface area contributed by atoms with E-state index < -0.39 is 50.8 Å². The van der Waals surface area contributed by atoms with Crippen molar-refractivity contribution in [1.29, 1.82) is 0 Å². The highest BCUT2D eigenvalue weighted by molar-refractivity contribution is 7.90. The maximum Gasteiger partial charge on any atom is 0.292 e. The third-order valence-corrected chi connectivity index (χ3v) is 19.2. The average molecular weight is 628 g/mol. The van der Waals surface area contributed by atoms with Crippen molar-refractivity contribution in [1.82, 2.24) is 19.1 Å². The standard InChI is InChI=1S/C26H45N5O7SSi2/c1-12-30-15-28-21-19(22(30)32)31(16-29-21)23-20(37-41(10,11)25(5,6)7)26(17(27)14-39(33,34)38-26)18(36-23)13-35-40(8,9)24(2,3)4/h14-16,18,20,23H,12-13,27H2,1-11H3/t18-,20+,23-,26?/m1/s1. The first-order chi connectivity index (χ1) is 18.6. The summed E-state index contributed by atoms with van der Waals surface area (Å²) in [5.74, 6) is 0. The summed E-state index contributed by atoms with van der Waals surface area (Å²) < 4.78 is 55.0. The molecule has 1 saturated heterocycles. The van der Waals surface area contributed by atoms with Gasteiger partial charge in [-0.3, -0.25) is 13.9 Å². The first-order valence-corrected chi connectivity index (χ1v) is 21.2. The van der Waals surface area contributed by atoms with E-state index in [1.165, 1.54) is 17.2 Å². The van der Waals surface area contributed by atoms with Gasteiger partial charge in [-0.1, -0.05) is 41.5 Å². The Morgan fingerprint density at radius 3 is 2.15 bits per heavy atom. The highest BCUT2D eigenvalue weighted by Gasteiger charge is 2.67. The minimum absolute atomic E-state index is 0.0124. The summed E-state index contributed by atoms with van der Waals surface area (Å²) in [6, 6.07) is 0. The van der Waals surface area contributed by atoms with Crippen molar-refractivity contribution in [2.75, 3.05) is 6.61 Å². The van der Waals surface area contributed by atoms with E-state index in [1.54, 1.807) is 4.57 Å². The third-order valence-electron chi connectivity index (χ3n) is 9.24. The molecular formula is C26H45N5O7SSi2. The van der Waals surface area contributed by atoms with Crippen molar-refractivity contribution in [2.45, 2.75) is 115 Å². The minimum atomic E-state index is -4.16. The fourth-order valence-corrected chi connectivity index (χ4v) is 8.10. The van der Waals surface area contributed by atoms with E-state index in [-0.39, 0.29) is 39.1 Å². The Labute approximate surface area is 244 Å². The smallest absolute Gasteiger partial charge is 0.292 e. The van der Waals surface area contributed by atoms with Crippen LogP contribution in [-0.4, -0.2) is 68.6 Å². The number of nitrogens with two attached hydrogens (primary N) is 1. The van der Waals surface area contributed by atoms with E-state index in [2.05, 4.69) is 77.7 Å². The molecule has 1 spiro atoms. The van der Waals surface area contributed by atoms with Crippen LogP contribution >= 0.6 is 0 Å². The van der Waals surface area contributed by atoms with Crippen molar-refractivity contribution < 1.29 is 26.2 Å². The van der Waals surface area contributed by atoms with E-state index >= 15 is 0 Å². The van der Waals surface area contributed by atoms with Crippen LogP contribution in [0.15, 0.2) is 28.6 Å². The van der Waals surface area contributed by atoms with E-state index in [9.17, 15) is 13.2 Å². The molecule has 2 aromatic rings. The number of ether oxygens (including phenoxy) is 1. The van der Waals surface area contributed by atoms with Crippen LogP contribution in [0.2, 0.25) is 36.3 Å². The first kappa shape index (κ1) is 32.0. The normalized spacial score (nSPS) is 27.2. The quantitative estimate of drug-likeness (QED) is 0.354. The van der Waals surface area contributed by atoms with Gasteiger partial charge in [0.05, 0.1) is 17.7 Å². The second-order valence-corrected chi connectivity index (χ2v) is 24.9. The Kier molecular flexibility index (Phi) is 7.89. The van der Waals surface area contributed by atoms with Crippen molar-refractivity contribution in [3.63, 3.8) is 0 Å². The minimum Gasteiger partial charge on any atom is -0.414 e. The Hall–Kier alpha value is -1.89. The van der Waals surface area contributed by atoms with Gasteiger partial charge in [-0.05, 0) is 43.2 Å². The van der Waals surface area contributed by atoms with Crippen LogP contribution in [0, 0.1) is 0 Å². The molecule has 0 radical (unpaired) electrons. The molecule has 2 aliphatic heterocycles. The van der Waals surface area contributed by atoms with E-state index in [0.717, 1.165) is 5.41 Å². The monoisotopic (exact) mass is 627 g/mol. The Morgan fingerprint density at radius 2 is 1.63 bits per heavy atom. The zero-order chi connectivity index (χ0) is 31.0. The summed E-state index contributed by atoms with van der Waals surface area (Å²) >= 11 is 0. The molecule has 2 N–H and O–H groups in total. The molecule has 12 nitrogen and oxygen atoms in total. The van der Waals surface area contributed by atoms with Gasteiger partial charge in [-0.25, -0.2) is 14.2 Å². The van der Waals surface area contributed by atoms with Crippen LogP contribution in [0.3, 0.4) is 0 Å². The van der Waals surface area contributed by atoms with E-state index in [1.807, 2.05) is 6.92 Å². The summed E-state index contributed by atoms with van der Waals surface area (Å²) in [5.41, 5.74) is 4.96. The molecule has 4 atom stereocenters. The van der Waals surface area contributed by atoms with Gasteiger partial charge in [0.25, 0.3) is 15.7 Å². The Balaban J connectivity index is 1.94. The molecule has 1 unspecified atom stereocenters. The summed E-state index contributed by atoms with van der Waals surface area (Å²) in [4.78, 5) is 22.2. The summed E-state index contributed by atoms with van der Waals surface area (Å²) in [6.07, 6.45) is -0.0971. The van der Waals surface area contributed by atoms with Crippen LogP contribution in [-0.2, 0) is 34.4 Å². The number of hydrogen-bond donors (Lipinski definition) is 1. The molecule has 1 fully saturated rings. The second kappa shape index (κ2) is 10.1. The Morgan fingerprint density at radius 1 is 1.05 bits per heavy atom. The van der Waals surface area contributed by atoms with Crippen LogP contribution in [0.1, 0.15) is 54.7 Å². The second-order valence-electron chi connectivity index (χ2n) is 14.0. The number of aryl methyl sites for hydroxylation is 1. The van der Waals surface area contributed by atoms with E-state index in [4.69, 9.17) is 23.5 Å². The summed E-state index contributed by atoms with van der Waals surface area (Å²) in [5, 5.41) is 0.562. The lowest BCUT2D eigenvalue weighted by atomic mass is 9.89. The van der Waals surface area contributed by atoms with Gasteiger partial charge in [-0.15, -0.1) is 0 Å². The van der Waals surface area contributed by atoms with Gasteiger partial charge in [0.2, 0.25) is 0 Å². The topological polar surface area (TPSA) is 150 Å². The van der Waals surface area contributed by atoms with Gasteiger partial charge in [0.1, 0.15) is 24.9 Å². The molecule has 0 aromatic carbocycles. The predicted molar refractivity (Wildman–Crippen MR) is 162 cm³/mol. The Bertz CT molecular complexity index is 1520. The number of hydrogen-bond acceptors (Lipinski definition) is 10. The molecule has 2 aromatic heterocycles. The lowest BCUT2D eigenvalue weighted by Crippen LogP contribution is -2.59.